The van der Waals surface area contributed by atoms with Gasteiger partial charge in [-0.25, -0.2) is 0 Å². The van der Waals surface area contributed by atoms with Crippen LogP contribution in [-0.4, -0.2) is 68.5 Å². The van der Waals surface area contributed by atoms with E-state index in [4.69, 9.17) is 4.74 Å². The van der Waals surface area contributed by atoms with E-state index >= 15 is 0 Å². The van der Waals surface area contributed by atoms with E-state index in [9.17, 15) is 9.59 Å². The highest BCUT2D eigenvalue weighted by atomic mass is 32.1. The minimum Gasteiger partial charge on any atom is -0.370 e. The van der Waals surface area contributed by atoms with E-state index in [0.29, 0.717) is 36.7 Å². The van der Waals surface area contributed by atoms with Gasteiger partial charge in [-0.3, -0.25) is 9.59 Å². The molecule has 0 radical (unpaired) electrons. The predicted molar refractivity (Wildman–Crippen MR) is 124 cm³/mol. The Bertz CT molecular complexity index is 1060. The summed E-state index contributed by atoms with van der Waals surface area (Å²) in [6.45, 7) is 2.74. The van der Waals surface area contributed by atoms with E-state index in [2.05, 4.69) is 5.32 Å². The fourth-order valence-corrected chi connectivity index (χ4v) is 4.97. The van der Waals surface area contributed by atoms with Crippen molar-refractivity contribution in [2.24, 2.45) is 0 Å². The fourth-order valence-electron chi connectivity index (χ4n) is 3.80. The summed E-state index contributed by atoms with van der Waals surface area (Å²) >= 11 is 1.48. The van der Waals surface area contributed by atoms with Gasteiger partial charge in [0.1, 0.15) is 6.10 Å². The molecule has 4 rings (SSSR count). The number of hydrogen-bond acceptors (Lipinski definition) is 5. The molecule has 3 aromatic rings. The smallest absolute Gasteiger partial charge is 0.261 e. The highest BCUT2D eigenvalue weighted by Gasteiger charge is 2.31. The van der Waals surface area contributed by atoms with Gasteiger partial charge >= 0.3 is 0 Å². The normalized spacial score (nSPS) is 16.6. The maximum absolute atomic E-state index is 13.0. The lowest BCUT2D eigenvalue weighted by molar-refractivity contribution is -0.0222. The Balaban J connectivity index is 1.61. The molecule has 2 aromatic carbocycles. The Hall–Kier alpha value is -2.74. The average molecular weight is 438 g/mol. The lowest BCUT2D eigenvalue weighted by atomic mass is 10.0. The van der Waals surface area contributed by atoms with Crippen molar-refractivity contribution in [3.05, 3.63) is 70.6 Å². The van der Waals surface area contributed by atoms with Crippen molar-refractivity contribution in [1.29, 1.82) is 0 Å². The summed E-state index contributed by atoms with van der Waals surface area (Å²) in [6, 6.07) is 17.3. The number of likely N-dealkylation sites (N-methyl/N-ethyl adjacent to an activating group) is 1. The van der Waals surface area contributed by atoms with Crippen LogP contribution in [0.25, 0.3) is 10.1 Å². The molecule has 1 atom stereocenters. The van der Waals surface area contributed by atoms with Crippen LogP contribution >= 0.6 is 11.3 Å². The summed E-state index contributed by atoms with van der Waals surface area (Å²) in [4.78, 5) is 30.6. The van der Waals surface area contributed by atoms with Gasteiger partial charge in [0.25, 0.3) is 11.8 Å². The molecular formula is C24H27N3O3S. The number of rotatable bonds is 6. The SMILES string of the molecule is CN(C)CCNC(=O)c1sc2ccccc2c1[C@@H]1CN(C(=O)c2ccccc2)CCO1. The first kappa shape index (κ1) is 21.5. The minimum atomic E-state index is -0.341. The maximum Gasteiger partial charge on any atom is 0.261 e. The summed E-state index contributed by atoms with van der Waals surface area (Å²) in [6.07, 6.45) is -0.341. The minimum absolute atomic E-state index is 0.00887. The second kappa shape index (κ2) is 9.60. The van der Waals surface area contributed by atoms with Crippen LogP contribution in [0.3, 0.4) is 0 Å². The summed E-state index contributed by atoms with van der Waals surface area (Å²) < 4.78 is 7.15. The number of ether oxygens (including phenoxy) is 1. The van der Waals surface area contributed by atoms with Gasteiger partial charge in [-0.2, -0.15) is 0 Å². The topological polar surface area (TPSA) is 61.9 Å². The number of carbonyl (C=O) groups is 2. The Kier molecular flexibility index (Phi) is 6.65. The summed E-state index contributed by atoms with van der Waals surface area (Å²) in [5, 5.41) is 4.04. The molecule has 162 valence electrons. The molecule has 6 nitrogen and oxygen atoms in total. The number of morpholine rings is 1. The van der Waals surface area contributed by atoms with E-state index < -0.39 is 0 Å². The molecule has 1 aromatic heterocycles. The van der Waals surface area contributed by atoms with Crippen LogP contribution in [0, 0.1) is 0 Å². The zero-order valence-electron chi connectivity index (χ0n) is 17.8. The van der Waals surface area contributed by atoms with Crippen LogP contribution < -0.4 is 5.32 Å². The summed E-state index contributed by atoms with van der Waals surface area (Å²) in [7, 11) is 3.95. The highest BCUT2D eigenvalue weighted by Crippen LogP contribution is 2.38. The molecule has 0 unspecified atom stereocenters. The van der Waals surface area contributed by atoms with Crippen molar-refractivity contribution in [2.75, 3.05) is 46.9 Å². The Morgan fingerprint density at radius 3 is 2.65 bits per heavy atom. The van der Waals surface area contributed by atoms with Crippen molar-refractivity contribution in [2.45, 2.75) is 6.10 Å². The van der Waals surface area contributed by atoms with Gasteiger partial charge in [0.15, 0.2) is 0 Å². The molecule has 7 heteroatoms. The molecule has 0 spiro atoms. The van der Waals surface area contributed by atoms with Gasteiger partial charge in [0, 0.05) is 35.5 Å². The third-order valence-corrected chi connectivity index (χ3v) is 6.57. The molecule has 0 aliphatic carbocycles. The van der Waals surface area contributed by atoms with Crippen LogP contribution in [0.4, 0.5) is 0 Å². The first-order valence-corrected chi connectivity index (χ1v) is 11.3. The molecule has 2 amide bonds. The second-order valence-corrected chi connectivity index (χ2v) is 8.93. The summed E-state index contributed by atoms with van der Waals surface area (Å²) in [5.41, 5.74) is 1.55. The van der Waals surface area contributed by atoms with E-state index in [-0.39, 0.29) is 17.9 Å². The van der Waals surface area contributed by atoms with Gasteiger partial charge < -0.3 is 19.9 Å². The number of thiophene rings is 1. The van der Waals surface area contributed by atoms with E-state index in [0.717, 1.165) is 22.2 Å². The fraction of sp³-hybridized carbons (Fsp3) is 0.333. The first-order chi connectivity index (χ1) is 15.0. The van der Waals surface area contributed by atoms with Crippen LogP contribution in [0.15, 0.2) is 54.6 Å². The Morgan fingerprint density at radius 2 is 1.87 bits per heavy atom. The van der Waals surface area contributed by atoms with Crippen LogP contribution in [0.2, 0.25) is 0 Å². The van der Waals surface area contributed by atoms with Gasteiger partial charge in [0.2, 0.25) is 0 Å². The Labute approximate surface area is 186 Å². The molecule has 1 N–H and O–H groups in total. The van der Waals surface area contributed by atoms with E-state index in [1.54, 1.807) is 0 Å². The molecule has 1 aliphatic heterocycles. The highest BCUT2D eigenvalue weighted by molar-refractivity contribution is 7.21. The van der Waals surface area contributed by atoms with Crippen molar-refractivity contribution in [1.82, 2.24) is 15.1 Å². The van der Waals surface area contributed by atoms with E-state index in [1.165, 1.54) is 11.3 Å². The van der Waals surface area contributed by atoms with Gasteiger partial charge in [-0.15, -0.1) is 11.3 Å². The summed E-state index contributed by atoms with van der Waals surface area (Å²) in [5.74, 6) is -0.0985. The number of nitrogens with one attached hydrogen (secondary N) is 1. The monoisotopic (exact) mass is 437 g/mol. The van der Waals surface area contributed by atoms with E-state index in [1.807, 2.05) is 78.5 Å². The number of nitrogens with zero attached hydrogens (tertiary/aromatic N) is 2. The molecule has 31 heavy (non-hydrogen) atoms. The van der Waals surface area contributed by atoms with Crippen LogP contribution in [-0.2, 0) is 4.74 Å². The zero-order chi connectivity index (χ0) is 21.8. The lowest BCUT2D eigenvalue weighted by Crippen LogP contribution is -2.42. The van der Waals surface area contributed by atoms with Crippen LogP contribution in [0.1, 0.15) is 31.7 Å². The quantitative estimate of drug-likeness (QED) is 0.642. The maximum atomic E-state index is 13.0. The van der Waals surface area contributed by atoms with Crippen LogP contribution in [0.5, 0.6) is 0 Å². The van der Waals surface area contributed by atoms with Crippen molar-refractivity contribution >= 4 is 33.2 Å². The lowest BCUT2D eigenvalue weighted by Gasteiger charge is -2.33. The molecule has 1 saturated heterocycles. The number of amides is 2. The van der Waals surface area contributed by atoms with Gasteiger partial charge in [-0.05, 0) is 37.7 Å². The molecule has 0 saturated carbocycles. The molecule has 1 fully saturated rings. The number of fused-ring (bicyclic) bond motifs is 1. The number of hydrogen-bond donors (Lipinski definition) is 1. The zero-order valence-corrected chi connectivity index (χ0v) is 18.7. The predicted octanol–water partition coefficient (Wildman–Crippen LogP) is 3.41. The molecule has 1 aliphatic rings. The van der Waals surface area contributed by atoms with Gasteiger partial charge in [-0.1, -0.05) is 36.4 Å². The molecule has 0 bridgehead atoms. The molecule has 2 heterocycles. The van der Waals surface area contributed by atoms with Crippen molar-refractivity contribution < 1.29 is 14.3 Å². The number of carbonyl (C=O) groups excluding carboxylic acids is 2. The van der Waals surface area contributed by atoms with Crippen molar-refractivity contribution in [3.63, 3.8) is 0 Å². The second-order valence-electron chi connectivity index (χ2n) is 7.88. The number of benzene rings is 2. The third-order valence-electron chi connectivity index (χ3n) is 5.38. The Morgan fingerprint density at radius 1 is 1.13 bits per heavy atom. The largest absolute Gasteiger partial charge is 0.370 e. The first-order valence-electron chi connectivity index (χ1n) is 10.4. The standard InChI is InChI=1S/C24H27N3O3S/c1-26(2)13-12-25-23(28)22-21(18-10-6-7-11-20(18)31-22)19-16-27(14-15-30-19)24(29)17-8-4-3-5-9-17/h3-11,19H,12-16H2,1-2H3,(H,25,28)/t19-/m0/s1. The van der Waals surface area contributed by atoms with Crippen molar-refractivity contribution in [3.8, 4) is 0 Å². The average Bonchev–Trinajstić information content (AvgIpc) is 3.19. The third kappa shape index (κ3) is 4.79. The molecular weight excluding hydrogens is 410 g/mol. The van der Waals surface area contributed by atoms with Gasteiger partial charge in [0.05, 0.1) is 18.0 Å².